The molecule has 0 saturated carbocycles. The van der Waals surface area contributed by atoms with Crippen molar-refractivity contribution >= 4 is 38.7 Å². The molecule has 1 aliphatic rings. The predicted molar refractivity (Wildman–Crippen MR) is 72.8 cm³/mol. The van der Waals surface area contributed by atoms with Crippen LogP contribution in [0.2, 0.25) is 5.02 Å². The zero-order valence-electron chi connectivity index (χ0n) is 8.82. The number of rotatable bonds is 1. The molecule has 3 heteroatoms. The van der Waals surface area contributed by atoms with Gasteiger partial charge in [-0.25, -0.2) is 0 Å². The highest BCUT2D eigenvalue weighted by atomic mass is 35.5. The molecule has 1 aliphatic heterocycles. The van der Waals surface area contributed by atoms with Crippen LogP contribution in [0.4, 0.5) is 5.69 Å². The Morgan fingerprint density at radius 3 is 3.00 bits per heavy atom. The van der Waals surface area contributed by atoms with Gasteiger partial charge in [-0.3, -0.25) is 0 Å². The Hall–Kier alpha value is -0.990. The molecule has 2 aromatic rings. The summed E-state index contributed by atoms with van der Waals surface area (Å²) in [6.07, 6.45) is 5.62. The molecule has 16 heavy (non-hydrogen) atoms. The van der Waals surface area contributed by atoms with Crippen molar-refractivity contribution in [2.24, 2.45) is 0 Å². The van der Waals surface area contributed by atoms with E-state index in [2.05, 4.69) is 34.6 Å². The van der Waals surface area contributed by atoms with Gasteiger partial charge in [0.25, 0.3) is 0 Å². The summed E-state index contributed by atoms with van der Waals surface area (Å²) in [5.74, 6) is 0. The van der Waals surface area contributed by atoms with Crippen LogP contribution < -0.4 is 4.90 Å². The molecular weight excluding hydrogens is 238 g/mol. The topological polar surface area (TPSA) is 3.24 Å². The number of hydrogen-bond acceptors (Lipinski definition) is 2. The number of benzene rings is 1. The first-order chi connectivity index (χ1) is 7.84. The number of thiophene rings is 1. The lowest BCUT2D eigenvalue weighted by molar-refractivity contribution is 0.826. The van der Waals surface area contributed by atoms with Crippen molar-refractivity contribution in [3.05, 3.63) is 40.8 Å². The van der Waals surface area contributed by atoms with Gasteiger partial charge in [0.1, 0.15) is 0 Å². The summed E-state index contributed by atoms with van der Waals surface area (Å²) in [6.45, 7) is 2.12. The summed E-state index contributed by atoms with van der Waals surface area (Å²) < 4.78 is 1.31. The van der Waals surface area contributed by atoms with Gasteiger partial charge in [0.05, 0.1) is 5.69 Å². The van der Waals surface area contributed by atoms with E-state index in [1.165, 1.54) is 15.8 Å². The molecule has 0 amide bonds. The second kappa shape index (κ2) is 4.11. The third-order valence-electron chi connectivity index (χ3n) is 2.91. The van der Waals surface area contributed by atoms with Crippen LogP contribution in [0.15, 0.2) is 35.7 Å². The van der Waals surface area contributed by atoms with Crippen molar-refractivity contribution in [1.82, 2.24) is 0 Å². The summed E-state index contributed by atoms with van der Waals surface area (Å²) in [7, 11) is 0. The van der Waals surface area contributed by atoms with Crippen molar-refractivity contribution < 1.29 is 0 Å². The van der Waals surface area contributed by atoms with E-state index in [4.69, 9.17) is 11.6 Å². The summed E-state index contributed by atoms with van der Waals surface area (Å²) in [6, 6.07) is 6.13. The quantitative estimate of drug-likeness (QED) is 0.681. The van der Waals surface area contributed by atoms with Crippen LogP contribution in [0, 0.1) is 0 Å². The Balaban J connectivity index is 2.09. The maximum absolute atomic E-state index is 6.06. The van der Waals surface area contributed by atoms with Gasteiger partial charge in [-0.1, -0.05) is 23.8 Å². The number of fused-ring (bicyclic) bond motifs is 1. The average molecular weight is 250 g/mol. The highest BCUT2D eigenvalue weighted by Gasteiger charge is 2.12. The van der Waals surface area contributed by atoms with Crippen molar-refractivity contribution in [2.75, 3.05) is 18.0 Å². The second-order valence-electron chi connectivity index (χ2n) is 3.97. The lowest BCUT2D eigenvalue weighted by Crippen LogP contribution is -2.26. The minimum absolute atomic E-state index is 0.819. The van der Waals surface area contributed by atoms with Crippen LogP contribution in [-0.2, 0) is 0 Å². The normalized spacial score (nSPS) is 15.9. The van der Waals surface area contributed by atoms with Gasteiger partial charge in [-0.05, 0) is 24.6 Å². The van der Waals surface area contributed by atoms with Gasteiger partial charge in [0, 0.05) is 33.6 Å². The standard InChI is InChI=1S/C13H12ClNS/c14-10-4-5-13-11(8-10)12(9-16-13)15-6-2-1-3-7-15/h1-2,4-5,8-9H,3,6-7H2. The van der Waals surface area contributed by atoms with Crippen LogP contribution in [0.3, 0.4) is 0 Å². The summed E-state index contributed by atoms with van der Waals surface area (Å²) in [4.78, 5) is 2.41. The molecule has 82 valence electrons. The first-order valence-corrected chi connectivity index (χ1v) is 6.67. The van der Waals surface area contributed by atoms with Crippen LogP contribution >= 0.6 is 22.9 Å². The first kappa shape index (κ1) is 10.2. The molecule has 0 atom stereocenters. The van der Waals surface area contributed by atoms with Gasteiger partial charge < -0.3 is 4.90 Å². The molecule has 0 bridgehead atoms. The Bertz CT molecular complexity index is 544. The van der Waals surface area contributed by atoms with E-state index < -0.39 is 0 Å². The smallest absolute Gasteiger partial charge is 0.0558 e. The Kier molecular flexibility index (Phi) is 2.62. The SMILES string of the molecule is Clc1ccc2scc(N3CC=CCC3)c2c1. The summed E-state index contributed by atoms with van der Waals surface area (Å²) >= 11 is 7.85. The zero-order chi connectivity index (χ0) is 11.0. The van der Waals surface area contributed by atoms with Crippen molar-refractivity contribution in [2.45, 2.75) is 6.42 Å². The largest absolute Gasteiger partial charge is 0.366 e. The Morgan fingerprint density at radius 2 is 2.19 bits per heavy atom. The van der Waals surface area contributed by atoms with E-state index in [1.54, 1.807) is 11.3 Å². The molecule has 3 rings (SSSR count). The van der Waals surface area contributed by atoms with Crippen LogP contribution in [-0.4, -0.2) is 13.1 Å². The molecular formula is C13H12ClNS. The van der Waals surface area contributed by atoms with Crippen LogP contribution in [0.5, 0.6) is 0 Å². The summed E-state index contributed by atoms with van der Waals surface area (Å²) in [5.41, 5.74) is 1.33. The highest BCUT2D eigenvalue weighted by molar-refractivity contribution is 7.17. The minimum Gasteiger partial charge on any atom is -0.366 e. The predicted octanol–water partition coefficient (Wildman–Crippen LogP) is 4.32. The number of hydrogen-bond donors (Lipinski definition) is 0. The van der Waals surface area contributed by atoms with Gasteiger partial charge in [-0.2, -0.15) is 0 Å². The molecule has 0 spiro atoms. The third kappa shape index (κ3) is 1.72. The lowest BCUT2D eigenvalue weighted by Gasteiger charge is -2.24. The van der Waals surface area contributed by atoms with Crippen molar-refractivity contribution in [3.63, 3.8) is 0 Å². The van der Waals surface area contributed by atoms with Gasteiger partial charge in [-0.15, -0.1) is 11.3 Å². The fraction of sp³-hybridized carbons (Fsp3) is 0.231. The molecule has 0 saturated heterocycles. The molecule has 0 fully saturated rings. The maximum Gasteiger partial charge on any atom is 0.0558 e. The highest BCUT2D eigenvalue weighted by Crippen LogP contribution is 2.35. The molecule has 1 nitrogen and oxygen atoms in total. The van der Waals surface area contributed by atoms with E-state index in [-0.39, 0.29) is 0 Å². The van der Waals surface area contributed by atoms with Gasteiger partial charge in [0.15, 0.2) is 0 Å². The molecule has 1 aromatic heterocycles. The lowest BCUT2D eigenvalue weighted by atomic mass is 10.2. The number of nitrogens with zero attached hydrogens (tertiary/aromatic N) is 1. The molecule has 0 N–H and O–H groups in total. The van der Waals surface area contributed by atoms with Crippen LogP contribution in [0.25, 0.3) is 10.1 Å². The Labute approximate surface area is 104 Å². The Morgan fingerprint density at radius 1 is 1.25 bits per heavy atom. The maximum atomic E-state index is 6.06. The van der Waals surface area contributed by atoms with Crippen molar-refractivity contribution in [3.8, 4) is 0 Å². The number of anilines is 1. The fourth-order valence-corrected chi connectivity index (χ4v) is 3.22. The minimum atomic E-state index is 0.819. The monoisotopic (exact) mass is 249 g/mol. The third-order valence-corrected chi connectivity index (χ3v) is 4.10. The van der Waals surface area contributed by atoms with E-state index in [0.717, 1.165) is 24.5 Å². The molecule has 0 aliphatic carbocycles. The van der Waals surface area contributed by atoms with Gasteiger partial charge in [0.2, 0.25) is 0 Å². The van der Waals surface area contributed by atoms with Crippen LogP contribution in [0.1, 0.15) is 6.42 Å². The van der Waals surface area contributed by atoms with Gasteiger partial charge >= 0.3 is 0 Å². The first-order valence-electron chi connectivity index (χ1n) is 5.41. The molecule has 2 heterocycles. The average Bonchev–Trinajstić information content (AvgIpc) is 2.73. The summed E-state index contributed by atoms with van der Waals surface area (Å²) in [5, 5.41) is 4.34. The molecule has 0 unspecified atom stereocenters. The van der Waals surface area contributed by atoms with E-state index in [1.807, 2.05) is 6.07 Å². The molecule has 0 radical (unpaired) electrons. The zero-order valence-corrected chi connectivity index (χ0v) is 10.4. The second-order valence-corrected chi connectivity index (χ2v) is 5.32. The van der Waals surface area contributed by atoms with E-state index in [0.29, 0.717) is 0 Å². The number of halogens is 1. The fourth-order valence-electron chi connectivity index (χ4n) is 2.09. The van der Waals surface area contributed by atoms with E-state index >= 15 is 0 Å². The van der Waals surface area contributed by atoms with E-state index in [9.17, 15) is 0 Å². The molecule has 1 aromatic carbocycles. The van der Waals surface area contributed by atoms with Crippen molar-refractivity contribution in [1.29, 1.82) is 0 Å².